The van der Waals surface area contributed by atoms with Gasteiger partial charge in [-0.05, 0) is 25.7 Å². The Balaban J connectivity index is 2.27. The first-order valence-corrected chi connectivity index (χ1v) is 7.14. The molecule has 1 rings (SSSR count). The van der Waals surface area contributed by atoms with Gasteiger partial charge in [0.2, 0.25) is 0 Å². The second kappa shape index (κ2) is 6.86. The van der Waals surface area contributed by atoms with Crippen LogP contribution in [0.2, 0.25) is 0 Å². The topological polar surface area (TPSA) is 18.5 Å². The minimum Gasteiger partial charge on any atom is -0.352 e. The van der Waals surface area contributed by atoms with Crippen molar-refractivity contribution >= 4 is 22.6 Å². The zero-order chi connectivity index (χ0) is 11.3. The van der Waals surface area contributed by atoms with Crippen molar-refractivity contribution in [2.45, 2.75) is 46.0 Å². The van der Waals surface area contributed by atoms with Crippen molar-refractivity contribution < 1.29 is 9.47 Å². The van der Waals surface area contributed by atoms with Crippen LogP contribution in [0.1, 0.15) is 33.6 Å². The molecule has 0 amide bonds. The van der Waals surface area contributed by atoms with E-state index < -0.39 is 0 Å². The largest absolute Gasteiger partial charge is 0.352 e. The molecule has 0 saturated heterocycles. The summed E-state index contributed by atoms with van der Waals surface area (Å²) < 4.78 is 12.5. The molecule has 88 valence electrons. The smallest absolute Gasteiger partial charge is 0.167 e. The lowest BCUT2D eigenvalue weighted by Gasteiger charge is -2.20. The van der Waals surface area contributed by atoms with Crippen LogP contribution >= 0.6 is 22.6 Å². The molecule has 2 atom stereocenters. The van der Waals surface area contributed by atoms with E-state index in [1.165, 1.54) is 12.0 Å². The average Bonchev–Trinajstić information content (AvgIpc) is 2.58. The molecule has 0 N–H and O–H groups in total. The summed E-state index contributed by atoms with van der Waals surface area (Å²) in [7, 11) is 0. The van der Waals surface area contributed by atoms with Gasteiger partial charge in [0.25, 0.3) is 0 Å². The molecule has 0 bridgehead atoms. The highest BCUT2D eigenvalue weighted by Gasteiger charge is 2.18. The third-order valence-electron chi connectivity index (χ3n) is 2.36. The van der Waals surface area contributed by atoms with Gasteiger partial charge < -0.3 is 9.47 Å². The minimum absolute atomic E-state index is 0.0415. The van der Waals surface area contributed by atoms with Crippen LogP contribution < -0.4 is 0 Å². The zero-order valence-corrected chi connectivity index (χ0v) is 12.0. The Morgan fingerprint density at radius 2 is 2.27 bits per heavy atom. The SMILES string of the molecule is CC1=CC(OC(CI)OCC(C)C)CC1. The van der Waals surface area contributed by atoms with Crippen molar-refractivity contribution in [3.63, 3.8) is 0 Å². The molecule has 0 aromatic rings. The number of rotatable bonds is 6. The molecule has 15 heavy (non-hydrogen) atoms. The second-order valence-electron chi connectivity index (χ2n) is 4.54. The van der Waals surface area contributed by atoms with Gasteiger partial charge in [0.15, 0.2) is 6.29 Å². The predicted molar refractivity (Wildman–Crippen MR) is 71.3 cm³/mol. The first-order valence-electron chi connectivity index (χ1n) is 5.62. The van der Waals surface area contributed by atoms with E-state index in [4.69, 9.17) is 9.47 Å². The van der Waals surface area contributed by atoms with Crippen LogP contribution in [0, 0.1) is 5.92 Å². The maximum atomic E-state index is 5.88. The van der Waals surface area contributed by atoms with Crippen LogP contribution in [-0.4, -0.2) is 23.4 Å². The van der Waals surface area contributed by atoms with E-state index in [1.54, 1.807) is 0 Å². The van der Waals surface area contributed by atoms with Crippen molar-refractivity contribution in [2.75, 3.05) is 11.0 Å². The lowest BCUT2D eigenvalue weighted by molar-refractivity contribution is -0.149. The lowest BCUT2D eigenvalue weighted by Crippen LogP contribution is -2.25. The number of hydrogen-bond acceptors (Lipinski definition) is 2. The molecular weight excluding hydrogens is 303 g/mol. The zero-order valence-electron chi connectivity index (χ0n) is 9.83. The van der Waals surface area contributed by atoms with E-state index >= 15 is 0 Å². The van der Waals surface area contributed by atoms with Crippen LogP contribution in [0.25, 0.3) is 0 Å². The van der Waals surface area contributed by atoms with Gasteiger partial charge in [-0.3, -0.25) is 0 Å². The van der Waals surface area contributed by atoms with Gasteiger partial charge in [-0.25, -0.2) is 0 Å². The molecule has 0 fully saturated rings. The maximum Gasteiger partial charge on any atom is 0.167 e. The number of halogens is 1. The van der Waals surface area contributed by atoms with E-state index in [0.29, 0.717) is 5.92 Å². The molecule has 1 aliphatic carbocycles. The normalized spacial score (nSPS) is 23.3. The van der Waals surface area contributed by atoms with E-state index in [1.807, 2.05) is 0 Å². The first kappa shape index (κ1) is 13.5. The summed E-state index contributed by atoms with van der Waals surface area (Å²) in [6, 6.07) is 0. The Morgan fingerprint density at radius 3 is 2.73 bits per heavy atom. The first-order chi connectivity index (χ1) is 7.11. The molecule has 0 saturated carbocycles. The van der Waals surface area contributed by atoms with Gasteiger partial charge in [0.1, 0.15) is 0 Å². The summed E-state index contributed by atoms with van der Waals surface area (Å²) in [5.41, 5.74) is 1.44. The highest BCUT2D eigenvalue weighted by molar-refractivity contribution is 14.1. The van der Waals surface area contributed by atoms with Crippen LogP contribution in [0.4, 0.5) is 0 Å². The van der Waals surface area contributed by atoms with Crippen LogP contribution in [-0.2, 0) is 9.47 Å². The van der Waals surface area contributed by atoms with Gasteiger partial charge >= 0.3 is 0 Å². The van der Waals surface area contributed by atoms with Crippen molar-refractivity contribution in [1.82, 2.24) is 0 Å². The molecule has 2 unspecified atom stereocenters. The monoisotopic (exact) mass is 324 g/mol. The molecular formula is C12H21IO2. The van der Waals surface area contributed by atoms with E-state index in [2.05, 4.69) is 49.4 Å². The second-order valence-corrected chi connectivity index (χ2v) is 5.42. The summed E-state index contributed by atoms with van der Waals surface area (Å²) in [5, 5.41) is 0. The molecule has 3 heteroatoms. The summed E-state index contributed by atoms with van der Waals surface area (Å²) in [6.45, 7) is 7.26. The fourth-order valence-electron chi connectivity index (χ4n) is 1.58. The molecule has 0 aliphatic heterocycles. The van der Waals surface area contributed by atoms with Crippen LogP contribution in [0.5, 0.6) is 0 Å². The van der Waals surface area contributed by atoms with Gasteiger partial charge in [0.05, 0.1) is 17.1 Å². The summed E-state index contributed by atoms with van der Waals surface area (Å²) in [6.07, 6.45) is 4.74. The number of ether oxygens (including phenoxy) is 2. The van der Waals surface area contributed by atoms with Gasteiger partial charge in [0, 0.05) is 0 Å². The number of hydrogen-bond donors (Lipinski definition) is 0. The van der Waals surface area contributed by atoms with Crippen molar-refractivity contribution in [3.05, 3.63) is 11.6 Å². The Bertz CT molecular complexity index is 214. The van der Waals surface area contributed by atoms with Crippen LogP contribution in [0.15, 0.2) is 11.6 Å². The van der Waals surface area contributed by atoms with E-state index in [0.717, 1.165) is 17.5 Å². The lowest BCUT2D eigenvalue weighted by atomic mass is 10.2. The Labute approximate surface area is 107 Å². The van der Waals surface area contributed by atoms with Gasteiger partial charge in [-0.1, -0.05) is 48.1 Å². The predicted octanol–water partition coefficient (Wildman–Crippen LogP) is 3.55. The molecule has 0 radical (unpaired) electrons. The molecule has 0 heterocycles. The van der Waals surface area contributed by atoms with E-state index in [-0.39, 0.29) is 12.4 Å². The Hall–Kier alpha value is 0.390. The summed E-state index contributed by atoms with van der Waals surface area (Å²) in [5.74, 6) is 0.569. The highest BCUT2D eigenvalue weighted by Crippen LogP contribution is 2.22. The third-order valence-corrected chi connectivity index (χ3v) is 3.08. The molecule has 0 aromatic carbocycles. The van der Waals surface area contributed by atoms with Crippen LogP contribution in [0.3, 0.4) is 0 Å². The number of alkyl halides is 1. The molecule has 0 spiro atoms. The fraction of sp³-hybridized carbons (Fsp3) is 0.833. The van der Waals surface area contributed by atoms with Gasteiger partial charge in [-0.15, -0.1) is 0 Å². The Morgan fingerprint density at radius 1 is 1.53 bits per heavy atom. The summed E-state index contributed by atoms with van der Waals surface area (Å²) >= 11 is 2.32. The van der Waals surface area contributed by atoms with Crippen molar-refractivity contribution in [1.29, 1.82) is 0 Å². The number of allylic oxidation sites excluding steroid dienone is 1. The Kier molecular flexibility index (Phi) is 6.16. The molecule has 2 nitrogen and oxygen atoms in total. The molecule has 1 aliphatic rings. The van der Waals surface area contributed by atoms with Gasteiger partial charge in [-0.2, -0.15) is 0 Å². The molecule has 0 aromatic heterocycles. The maximum absolute atomic E-state index is 5.88. The summed E-state index contributed by atoms with van der Waals surface area (Å²) in [4.78, 5) is 0. The van der Waals surface area contributed by atoms with E-state index in [9.17, 15) is 0 Å². The highest BCUT2D eigenvalue weighted by atomic mass is 127. The average molecular weight is 324 g/mol. The quantitative estimate of drug-likeness (QED) is 0.322. The third kappa shape index (κ3) is 5.31. The standard InChI is InChI=1S/C12H21IO2/c1-9(2)8-14-12(7-13)15-11-5-4-10(3)6-11/h6,9,11-12H,4-5,7-8H2,1-3H3. The van der Waals surface area contributed by atoms with Crippen molar-refractivity contribution in [2.24, 2.45) is 5.92 Å². The fourth-order valence-corrected chi connectivity index (χ4v) is 2.04. The minimum atomic E-state index is -0.0415. The van der Waals surface area contributed by atoms with Crippen molar-refractivity contribution in [3.8, 4) is 0 Å².